The highest BCUT2D eigenvalue weighted by molar-refractivity contribution is 7.18. The number of nitrogens with zero attached hydrogens (tertiary/aromatic N) is 2. The lowest BCUT2D eigenvalue weighted by molar-refractivity contribution is -0.117. The number of nitrogens with one attached hydrogen (secondary N) is 1. The lowest BCUT2D eigenvalue weighted by Gasteiger charge is -2.35. The maximum absolute atomic E-state index is 12.3. The minimum Gasteiger partial charge on any atom is -0.462 e. The van der Waals surface area contributed by atoms with Crippen molar-refractivity contribution in [1.82, 2.24) is 9.80 Å². The van der Waals surface area contributed by atoms with Crippen LogP contribution in [-0.4, -0.2) is 72.7 Å². The van der Waals surface area contributed by atoms with Gasteiger partial charge in [0.1, 0.15) is 10.5 Å². The van der Waals surface area contributed by atoms with Crippen LogP contribution in [0.3, 0.4) is 0 Å². The topological polar surface area (TPSA) is 88.2 Å². The molecule has 0 aromatic carbocycles. The van der Waals surface area contributed by atoms with Gasteiger partial charge in [0.05, 0.1) is 18.2 Å². The van der Waals surface area contributed by atoms with E-state index in [0.717, 1.165) is 5.56 Å². The van der Waals surface area contributed by atoms with Crippen LogP contribution < -0.4 is 5.32 Å². The van der Waals surface area contributed by atoms with Crippen molar-refractivity contribution in [1.29, 1.82) is 0 Å². The highest BCUT2D eigenvalue weighted by atomic mass is 32.1. The van der Waals surface area contributed by atoms with E-state index in [-0.39, 0.29) is 24.5 Å². The van der Waals surface area contributed by atoms with Crippen LogP contribution in [0.1, 0.15) is 42.9 Å². The molecule has 0 bridgehead atoms. The van der Waals surface area contributed by atoms with Gasteiger partial charge in [0, 0.05) is 26.2 Å². The molecule has 1 aromatic rings. The SMILES string of the molecule is CCOC(=O)c1sc(NC(=O)CN2CCN(C(=O)OC(C)(C)C)CC2)cc1C. The normalized spacial score (nSPS) is 15.2. The van der Waals surface area contributed by atoms with Gasteiger partial charge in [-0.1, -0.05) is 0 Å². The fourth-order valence-corrected chi connectivity index (χ4v) is 3.72. The third kappa shape index (κ3) is 6.49. The van der Waals surface area contributed by atoms with Crippen molar-refractivity contribution in [2.45, 2.75) is 40.2 Å². The Morgan fingerprint density at radius 1 is 1.18 bits per heavy atom. The number of hydrogen-bond acceptors (Lipinski definition) is 7. The summed E-state index contributed by atoms with van der Waals surface area (Å²) in [5, 5.41) is 3.46. The van der Waals surface area contributed by atoms with Gasteiger partial charge in [-0.15, -0.1) is 11.3 Å². The standard InChI is InChI=1S/C19H29N3O5S/c1-6-26-17(24)16-13(2)11-15(28-16)20-14(23)12-21-7-9-22(10-8-21)18(25)27-19(3,4)5/h11H,6-10,12H2,1-5H3,(H,20,23). The zero-order valence-electron chi connectivity index (χ0n) is 17.2. The Labute approximate surface area is 169 Å². The summed E-state index contributed by atoms with van der Waals surface area (Å²) in [4.78, 5) is 40.5. The molecular formula is C19H29N3O5S. The van der Waals surface area contributed by atoms with E-state index in [1.165, 1.54) is 11.3 Å². The van der Waals surface area contributed by atoms with Crippen LogP contribution in [0.4, 0.5) is 9.80 Å². The molecule has 1 saturated heterocycles. The van der Waals surface area contributed by atoms with E-state index in [4.69, 9.17) is 9.47 Å². The Kier molecular flexibility index (Phi) is 7.42. The zero-order valence-corrected chi connectivity index (χ0v) is 18.0. The maximum Gasteiger partial charge on any atom is 0.410 e. The highest BCUT2D eigenvalue weighted by Gasteiger charge is 2.26. The number of carbonyl (C=O) groups excluding carboxylic acids is 3. The first kappa shape index (κ1) is 22.2. The number of anilines is 1. The molecule has 156 valence electrons. The van der Waals surface area contributed by atoms with Crippen LogP contribution in [0.5, 0.6) is 0 Å². The highest BCUT2D eigenvalue weighted by Crippen LogP contribution is 2.27. The molecule has 0 aliphatic carbocycles. The summed E-state index contributed by atoms with van der Waals surface area (Å²) in [6, 6.07) is 1.77. The molecule has 2 amide bonds. The number of esters is 1. The molecule has 0 saturated carbocycles. The van der Waals surface area contributed by atoms with Gasteiger partial charge < -0.3 is 19.7 Å². The van der Waals surface area contributed by atoms with Crippen molar-refractivity contribution in [2.75, 3.05) is 44.6 Å². The van der Waals surface area contributed by atoms with Crippen molar-refractivity contribution in [2.24, 2.45) is 0 Å². The predicted molar refractivity (Wildman–Crippen MR) is 108 cm³/mol. The predicted octanol–water partition coefficient (Wildman–Crippen LogP) is 2.72. The molecule has 9 heteroatoms. The van der Waals surface area contributed by atoms with Crippen molar-refractivity contribution >= 4 is 34.3 Å². The van der Waals surface area contributed by atoms with Crippen LogP contribution in [-0.2, 0) is 14.3 Å². The smallest absolute Gasteiger partial charge is 0.410 e. The summed E-state index contributed by atoms with van der Waals surface area (Å²) < 4.78 is 10.4. The largest absolute Gasteiger partial charge is 0.462 e. The fourth-order valence-electron chi connectivity index (χ4n) is 2.74. The van der Waals surface area contributed by atoms with Crippen LogP contribution in [0, 0.1) is 6.92 Å². The average Bonchev–Trinajstić information content (AvgIpc) is 2.94. The molecule has 1 aromatic heterocycles. The number of hydrogen-bond donors (Lipinski definition) is 1. The molecule has 0 spiro atoms. The molecule has 2 rings (SSSR count). The summed E-state index contributed by atoms with van der Waals surface area (Å²) >= 11 is 1.21. The number of ether oxygens (including phenoxy) is 2. The third-order valence-electron chi connectivity index (χ3n) is 4.03. The first-order valence-electron chi connectivity index (χ1n) is 9.36. The second-order valence-corrected chi connectivity index (χ2v) is 8.69. The van der Waals surface area contributed by atoms with Gasteiger partial charge in [-0.2, -0.15) is 0 Å². The molecule has 1 aliphatic heterocycles. The number of carbonyl (C=O) groups is 3. The molecule has 0 atom stereocenters. The van der Waals surface area contributed by atoms with Gasteiger partial charge in [-0.25, -0.2) is 9.59 Å². The third-order valence-corrected chi connectivity index (χ3v) is 5.17. The van der Waals surface area contributed by atoms with Gasteiger partial charge >= 0.3 is 12.1 Å². The second-order valence-electron chi connectivity index (χ2n) is 7.63. The van der Waals surface area contributed by atoms with E-state index in [2.05, 4.69) is 5.32 Å². The van der Waals surface area contributed by atoms with Crippen molar-refractivity contribution in [3.05, 3.63) is 16.5 Å². The quantitative estimate of drug-likeness (QED) is 0.750. The first-order valence-corrected chi connectivity index (χ1v) is 10.2. The van der Waals surface area contributed by atoms with Gasteiger partial charge in [-0.3, -0.25) is 9.69 Å². The summed E-state index contributed by atoms with van der Waals surface area (Å²) in [5.41, 5.74) is 0.264. The number of amides is 2. The summed E-state index contributed by atoms with van der Waals surface area (Å²) in [5.74, 6) is -0.522. The number of thiophene rings is 1. The molecule has 1 fully saturated rings. The Morgan fingerprint density at radius 3 is 2.39 bits per heavy atom. The minimum atomic E-state index is -0.519. The molecule has 0 radical (unpaired) electrons. The van der Waals surface area contributed by atoms with E-state index >= 15 is 0 Å². The fraction of sp³-hybridized carbons (Fsp3) is 0.632. The Morgan fingerprint density at radius 2 is 1.82 bits per heavy atom. The van der Waals surface area contributed by atoms with Gasteiger partial charge in [0.25, 0.3) is 0 Å². The van der Waals surface area contributed by atoms with Gasteiger partial charge in [0.2, 0.25) is 5.91 Å². The molecular weight excluding hydrogens is 382 g/mol. The average molecular weight is 412 g/mol. The zero-order chi connectivity index (χ0) is 20.9. The van der Waals surface area contributed by atoms with E-state index in [9.17, 15) is 14.4 Å². The van der Waals surface area contributed by atoms with Crippen molar-refractivity contribution < 1.29 is 23.9 Å². The molecule has 8 nitrogen and oxygen atoms in total. The number of aryl methyl sites for hydroxylation is 1. The summed E-state index contributed by atoms with van der Waals surface area (Å²) in [7, 11) is 0. The van der Waals surface area contributed by atoms with Gasteiger partial charge in [-0.05, 0) is 46.2 Å². The van der Waals surface area contributed by atoms with Crippen LogP contribution in [0.25, 0.3) is 0 Å². The lowest BCUT2D eigenvalue weighted by atomic mass is 10.2. The second kappa shape index (κ2) is 9.38. The van der Waals surface area contributed by atoms with E-state index in [0.29, 0.717) is 42.7 Å². The Hall–Kier alpha value is -2.13. The summed E-state index contributed by atoms with van der Waals surface area (Å²) in [6.45, 7) is 11.9. The minimum absolute atomic E-state index is 0.151. The Balaban J connectivity index is 1.81. The van der Waals surface area contributed by atoms with Crippen molar-refractivity contribution in [3.63, 3.8) is 0 Å². The molecule has 28 heavy (non-hydrogen) atoms. The maximum atomic E-state index is 12.3. The molecule has 0 unspecified atom stereocenters. The Bertz CT molecular complexity index is 718. The van der Waals surface area contributed by atoms with Crippen LogP contribution >= 0.6 is 11.3 Å². The molecule has 1 N–H and O–H groups in total. The molecule has 1 aliphatic rings. The van der Waals surface area contributed by atoms with E-state index in [1.807, 2.05) is 32.6 Å². The molecule has 2 heterocycles. The first-order chi connectivity index (χ1) is 13.1. The van der Waals surface area contributed by atoms with Crippen LogP contribution in [0.2, 0.25) is 0 Å². The monoisotopic (exact) mass is 411 g/mol. The number of piperazine rings is 1. The van der Waals surface area contributed by atoms with Gasteiger partial charge in [0.15, 0.2) is 0 Å². The van der Waals surface area contributed by atoms with Crippen molar-refractivity contribution in [3.8, 4) is 0 Å². The van der Waals surface area contributed by atoms with E-state index < -0.39 is 5.60 Å². The number of rotatable bonds is 5. The lowest BCUT2D eigenvalue weighted by Crippen LogP contribution is -2.51. The van der Waals surface area contributed by atoms with E-state index in [1.54, 1.807) is 17.9 Å². The van der Waals surface area contributed by atoms with Crippen LogP contribution in [0.15, 0.2) is 6.07 Å². The summed E-state index contributed by atoms with van der Waals surface area (Å²) in [6.07, 6.45) is -0.322.